The van der Waals surface area contributed by atoms with Crippen LogP contribution in [0.15, 0.2) is 109 Å². The Morgan fingerprint density at radius 3 is 1.72 bits per heavy atom. The van der Waals surface area contributed by atoms with Crippen LogP contribution in [0, 0.1) is 0 Å². The number of ether oxygens (including phenoxy) is 4. The maximum atomic E-state index is 12.1. The van der Waals surface area contributed by atoms with Gasteiger partial charge in [-0.1, -0.05) is 123 Å². The summed E-state index contributed by atoms with van der Waals surface area (Å²) < 4.78 is 21.5. The lowest BCUT2D eigenvalue weighted by molar-refractivity contribution is -0.304. The van der Waals surface area contributed by atoms with E-state index in [2.05, 4.69) is 85.9 Å². The van der Waals surface area contributed by atoms with Gasteiger partial charge >= 0.3 is 11.9 Å². The summed E-state index contributed by atoms with van der Waals surface area (Å²) in [5, 5.41) is 39.0. The molecule has 0 aromatic heterocycles. The Morgan fingerprint density at radius 1 is 0.614 bits per heavy atom. The minimum Gasteiger partial charge on any atom is -0.460 e. The maximum absolute atomic E-state index is 12.1. The molecule has 4 N–H and O–H groups in total. The summed E-state index contributed by atoms with van der Waals surface area (Å²) in [4.78, 5) is 24.2. The number of esters is 2. The van der Waals surface area contributed by atoms with Crippen LogP contribution in [0.2, 0.25) is 0 Å². The SMILES string of the molecule is CCCCCC=CCC=CCC=CCC=CC=CCC(=O)OC(C)C=CCC=CCC=CCC=CCCCCC(=O)OC(C)CO[C@@H]1O[C@H](CO)[C@H](O)[C@H](O)[C@H]1O. The first-order valence-electron chi connectivity index (χ1n) is 20.9. The number of allylic oxidation sites excluding steroid dienone is 16. The number of unbranched alkanes of at least 4 members (excludes halogenated alkanes) is 5. The van der Waals surface area contributed by atoms with Crippen molar-refractivity contribution in [1.29, 1.82) is 0 Å². The standard InChI is InChI=1S/C47H72O10/c1-4-5-6-7-8-9-10-11-12-13-14-17-20-23-26-29-32-35-42(49)55-39(2)34-31-28-25-22-19-16-15-18-21-24-27-30-33-36-43(50)56-40(3)38-54-47-46(53)45(52)44(51)41(37-48)57-47/h8-9,11-12,14-17,21-26,29,31-32,34,39-41,44-48,51-53H,4-7,10,13,18-20,27-28,30,33,35-38H2,1-3H3/t39?,40?,41-,44+,45+,46-,47-/m1/s1. The summed E-state index contributed by atoms with van der Waals surface area (Å²) in [5.74, 6) is -0.603. The monoisotopic (exact) mass is 797 g/mol. The fourth-order valence-corrected chi connectivity index (χ4v) is 5.43. The van der Waals surface area contributed by atoms with Crippen molar-refractivity contribution in [3.63, 3.8) is 0 Å². The van der Waals surface area contributed by atoms with Crippen LogP contribution in [0.1, 0.15) is 117 Å². The van der Waals surface area contributed by atoms with Crippen LogP contribution < -0.4 is 0 Å². The van der Waals surface area contributed by atoms with Gasteiger partial charge in [-0.3, -0.25) is 9.59 Å². The summed E-state index contributed by atoms with van der Waals surface area (Å²) in [5.41, 5.74) is 0. The van der Waals surface area contributed by atoms with E-state index in [1.807, 2.05) is 37.3 Å². The average Bonchev–Trinajstić information content (AvgIpc) is 3.19. The Hall–Kier alpha value is -3.64. The van der Waals surface area contributed by atoms with Gasteiger partial charge in [-0.2, -0.15) is 0 Å². The van der Waals surface area contributed by atoms with Crippen molar-refractivity contribution >= 4 is 11.9 Å². The Balaban J connectivity index is 2.04. The highest BCUT2D eigenvalue weighted by Crippen LogP contribution is 2.22. The van der Waals surface area contributed by atoms with Gasteiger partial charge in [0.2, 0.25) is 0 Å². The lowest BCUT2D eigenvalue weighted by Crippen LogP contribution is -2.59. The Kier molecular flexibility index (Phi) is 32.0. The van der Waals surface area contributed by atoms with Crippen LogP contribution in [-0.2, 0) is 28.5 Å². The number of carbonyl (C=O) groups excluding carboxylic acids is 2. The van der Waals surface area contributed by atoms with Gasteiger partial charge < -0.3 is 39.4 Å². The minimum atomic E-state index is -1.52. The number of aliphatic hydroxyl groups excluding tert-OH is 4. The van der Waals surface area contributed by atoms with Crippen LogP contribution >= 0.6 is 0 Å². The molecule has 0 aromatic rings. The van der Waals surface area contributed by atoms with Gasteiger partial charge in [0.05, 0.1) is 19.6 Å². The molecule has 1 rings (SSSR count). The largest absolute Gasteiger partial charge is 0.460 e. The number of hydrogen-bond acceptors (Lipinski definition) is 10. The number of hydrogen-bond donors (Lipinski definition) is 4. The summed E-state index contributed by atoms with van der Waals surface area (Å²) in [7, 11) is 0. The van der Waals surface area contributed by atoms with Crippen LogP contribution in [0.3, 0.4) is 0 Å². The lowest BCUT2D eigenvalue weighted by atomic mass is 9.99. The molecule has 0 radical (unpaired) electrons. The van der Waals surface area contributed by atoms with Crippen molar-refractivity contribution in [3.05, 3.63) is 109 Å². The van der Waals surface area contributed by atoms with Gasteiger partial charge in [0, 0.05) is 6.42 Å². The van der Waals surface area contributed by atoms with E-state index in [1.54, 1.807) is 6.92 Å². The first kappa shape index (κ1) is 51.4. The molecule has 7 atom stereocenters. The molecule has 0 bridgehead atoms. The van der Waals surface area contributed by atoms with Crippen molar-refractivity contribution in [2.24, 2.45) is 0 Å². The molecule has 0 spiro atoms. The van der Waals surface area contributed by atoms with E-state index in [4.69, 9.17) is 18.9 Å². The van der Waals surface area contributed by atoms with Crippen molar-refractivity contribution < 1.29 is 49.0 Å². The van der Waals surface area contributed by atoms with Gasteiger partial charge in [0.1, 0.15) is 36.6 Å². The van der Waals surface area contributed by atoms with E-state index in [1.165, 1.54) is 25.7 Å². The molecule has 1 fully saturated rings. The minimum absolute atomic E-state index is 0.0803. The third kappa shape index (κ3) is 28.4. The smallest absolute Gasteiger partial charge is 0.310 e. The fourth-order valence-electron chi connectivity index (χ4n) is 5.43. The van der Waals surface area contributed by atoms with Crippen LogP contribution in [0.4, 0.5) is 0 Å². The van der Waals surface area contributed by atoms with Crippen molar-refractivity contribution in [3.8, 4) is 0 Å². The summed E-state index contributed by atoms with van der Waals surface area (Å²) in [6, 6.07) is 0. The number of carbonyl (C=O) groups is 2. The molecule has 0 aromatic carbocycles. The third-order valence-corrected chi connectivity index (χ3v) is 8.68. The third-order valence-electron chi connectivity index (χ3n) is 8.68. The highest BCUT2D eigenvalue weighted by Gasteiger charge is 2.44. The first-order valence-corrected chi connectivity index (χ1v) is 20.9. The zero-order valence-electron chi connectivity index (χ0n) is 34.7. The quantitative estimate of drug-likeness (QED) is 0.0233. The predicted octanol–water partition coefficient (Wildman–Crippen LogP) is 8.54. The second-order valence-corrected chi connectivity index (χ2v) is 14.0. The van der Waals surface area contributed by atoms with E-state index in [0.717, 1.165) is 51.4 Å². The summed E-state index contributed by atoms with van der Waals surface area (Å²) in [6.07, 6.45) is 43.0. The van der Waals surface area contributed by atoms with Gasteiger partial charge in [-0.25, -0.2) is 0 Å². The molecule has 10 heteroatoms. The normalized spacial score (nSPS) is 22.0. The lowest BCUT2D eigenvalue weighted by Gasteiger charge is -2.39. The average molecular weight is 797 g/mol. The molecule has 1 heterocycles. The van der Waals surface area contributed by atoms with Crippen molar-refractivity contribution in [2.75, 3.05) is 13.2 Å². The Morgan fingerprint density at radius 2 is 1.14 bits per heavy atom. The Bertz CT molecular complexity index is 1300. The van der Waals surface area contributed by atoms with Gasteiger partial charge in [0.25, 0.3) is 0 Å². The molecule has 10 nitrogen and oxygen atoms in total. The van der Waals surface area contributed by atoms with E-state index in [0.29, 0.717) is 6.42 Å². The number of aliphatic hydroxyl groups is 4. The van der Waals surface area contributed by atoms with Gasteiger partial charge in [-0.05, 0) is 90.6 Å². The fraction of sp³-hybridized carbons (Fsp3) is 0.574. The van der Waals surface area contributed by atoms with Crippen LogP contribution in [-0.4, -0.2) is 88.5 Å². The molecule has 0 saturated carbocycles. The maximum Gasteiger partial charge on any atom is 0.310 e. The molecule has 1 aliphatic rings. The molecule has 320 valence electrons. The topological polar surface area (TPSA) is 152 Å². The van der Waals surface area contributed by atoms with Crippen molar-refractivity contribution in [1.82, 2.24) is 0 Å². The first-order chi connectivity index (χ1) is 27.7. The Labute approximate surface area is 342 Å². The second kappa shape index (κ2) is 35.5. The second-order valence-electron chi connectivity index (χ2n) is 14.0. The predicted molar refractivity (Wildman–Crippen MR) is 228 cm³/mol. The van der Waals surface area contributed by atoms with E-state index in [-0.39, 0.29) is 37.5 Å². The zero-order chi connectivity index (χ0) is 41.8. The molecule has 1 saturated heterocycles. The molecular formula is C47H72O10. The molecular weight excluding hydrogens is 725 g/mol. The molecule has 2 unspecified atom stereocenters. The molecule has 1 aliphatic heterocycles. The van der Waals surface area contributed by atoms with Crippen molar-refractivity contribution in [2.45, 2.75) is 160 Å². The summed E-state index contributed by atoms with van der Waals surface area (Å²) >= 11 is 0. The molecule has 0 aliphatic carbocycles. The highest BCUT2D eigenvalue weighted by atomic mass is 16.7. The molecule has 0 amide bonds. The molecule has 57 heavy (non-hydrogen) atoms. The summed E-state index contributed by atoms with van der Waals surface area (Å²) in [6.45, 7) is 5.10. The van der Waals surface area contributed by atoms with Crippen LogP contribution in [0.25, 0.3) is 0 Å². The van der Waals surface area contributed by atoms with Gasteiger partial charge in [-0.15, -0.1) is 0 Å². The van der Waals surface area contributed by atoms with Gasteiger partial charge in [0.15, 0.2) is 6.29 Å². The van der Waals surface area contributed by atoms with Crippen LogP contribution in [0.5, 0.6) is 0 Å². The number of rotatable bonds is 31. The van der Waals surface area contributed by atoms with E-state index < -0.39 is 43.4 Å². The van der Waals surface area contributed by atoms with E-state index in [9.17, 15) is 30.0 Å². The van der Waals surface area contributed by atoms with E-state index >= 15 is 0 Å². The highest BCUT2D eigenvalue weighted by molar-refractivity contribution is 5.71. The zero-order valence-corrected chi connectivity index (χ0v) is 34.7.